The number of nitrogens with zero attached hydrogens (tertiary/aromatic N) is 3. The maximum absolute atomic E-state index is 10.7. The molecule has 0 aliphatic rings. The van der Waals surface area contributed by atoms with Crippen molar-refractivity contribution in [1.29, 1.82) is 0 Å². The summed E-state index contributed by atoms with van der Waals surface area (Å²) in [5, 5.41) is 19.3. The fourth-order valence-electron chi connectivity index (χ4n) is 2.67. The molecule has 1 aromatic carbocycles. The van der Waals surface area contributed by atoms with E-state index in [9.17, 15) is 4.79 Å². The Labute approximate surface area is 172 Å². The molecule has 0 radical (unpaired) electrons. The zero-order valence-corrected chi connectivity index (χ0v) is 17.3. The molecule has 8 heteroatoms. The summed E-state index contributed by atoms with van der Waals surface area (Å²) in [6, 6.07) is 7.67. The summed E-state index contributed by atoms with van der Waals surface area (Å²) in [5.74, 6) is -0.398. The van der Waals surface area contributed by atoms with E-state index in [0.717, 1.165) is 32.3 Å². The Bertz CT molecular complexity index is 1000. The Morgan fingerprint density at radius 2 is 2.00 bits per heavy atom. The Balaban J connectivity index is 1.82. The first-order valence-corrected chi connectivity index (χ1v) is 10.0. The van der Waals surface area contributed by atoms with Crippen LogP contribution in [0.4, 0.5) is 0 Å². The molecule has 3 aromatic rings. The standard InChI is InChI=1S/C20H20ClN3O3S/c1-11(2)27-18-16(21)9-14(10-22-18)19-23-24-20(28-19)15-6-4-13(8-12(15)3)5-7-17(25)26/h4,6,8-11H,5,7H2,1-3H3,(H,25,26). The average Bonchev–Trinajstić information content (AvgIpc) is 3.11. The van der Waals surface area contributed by atoms with E-state index in [0.29, 0.717) is 17.3 Å². The number of carboxylic acid groups (broad SMARTS) is 1. The van der Waals surface area contributed by atoms with E-state index in [1.54, 1.807) is 12.3 Å². The number of aryl methyl sites for hydroxylation is 2. The molecular formula is C20H20ClN3O3S. The van der Waals surface area contributed by atoms with Gasteiger partial charge in [-0.15, -0.1) is 10.2 Å². The molecule has 0 bridgehead atoms. The van der Waals surface area contributed by atoms with Crippen molar-refractivity contribution < 1.29 is 14.6 Å². The minimum Gasteiger partial charge on any atom is -0.481 e. The van der Waals surface area contributed by atoms with Crippen molar-refractivity contribution in [2.75, 3.05) is 0 Å². The second kappa shape index (κ2) is 8.67. The molecule has 0 amide bonds. The lowest BCUT2D eigenvalue weighted by Crippen LogP contribution is -2.07. The summed E-state index contributed by atoms with van der Waals surface area (Å²) in [6.07, 6.45) is 2.29. The van der Waals surface area contributed by atoms with E-state index in [1.807, 2.05) is 39.0 Å². The quantitative estimate of drug-likeness (QED) is 0.580. The van der Waals surface area contributed by atoms with Gasteiger partial charge in [-0.1, -0.05) is 41.1 Å². The topological polar surface area (TPSA) is 85.2 Å². The van der Waals surface area contributed by atoms with Crippen LogP contribution in [0, 0.1) is 6.92 Å². The van der Waals surface area contributed by atoms with Crippen molar-refractivity contribution in [3.8, 4) is 27.0 Å². The van der Waals surface area contributed by atoms with E-state index < -0.39 is 5.97 Å². The lowest BCUT2D eigenvalue weighted by molar-refractivity contribution is -0.136. The molecule has 0 aliphatic carbocycles. The lowest BCUT2D eigenvalue weighted by atomic mass is 10.0. The van der Waals surface area contributed by atoms with E-state index in [1.165, 1.54) is 11.3 Å². The first kappa shape index (κ1) is 20.2. The van der Waals surface area contributed by atoms with Crippen molar-refractivity contribution in [3.63, 3.8) is 0 Å². The molecule has 0 fully saturated rings. The van der Waals surface area contributed by atoms with Gasteiger partial charge in [-0.3, -0.25) is 4.79 Å². The third-order valence-corrected chi connectivity index (χ3v) is 5.25. The summed E-state index contributed by atoms with van der Waals surface area (Å²) in [4.78, 5) is 15.0. The number of carbonyl (C=O) groups is 1. The third-order valence-electron chi connectivity index (χ3n) is 3.98. The minimum atomic E-state index is -0.799. The van der Waals surface area contributed by atoms with Crippen LogP contribution in [0.5, 0.6) is 5.88 Å². The van der Waals surface area contributed by atoms with Gasteiger partial charge in [0.15, 0.2) is 0 Å². The Morgan fingerprint density at radius 3 is 2.64 bits per heavy atom. The molecule has 0 aliphatic heterocycles. The van der Waals surface area contributed by atoms with Gasteiger partial charge in [-0.25, -0.2) is 4.98 Å². The molecule has 0 atom stereocenters. The molecule has 2 aromatic heterocycles. The van der Waals surface area contributed by atoms with Crippen LogP contribution in [0.25, 0.3) is 21.1 Å². The van der Waals surface area contributed by atoms with Gasteiger partial charge in [0.25, 0.3) is 0 Å². The van der Waals surface area contributed by atoms with Crippen LogP contribution in [0.2, 0.25) is 5.02 Å². The molecule has 2 heterocycles. The SMILES string of the molecule is Cc1cc(CCC(=O)O)ccc1-c1nnc(-c2cnc(OC(C)C)c(Cl)c2)s1. The minimum absolute atomic E-state index is 0.00886. The van der Waals surface area contributed by atoms with Gasteiger partial charge in [0.1, 0.15) is 15.0 Å². The zero-order valence-electron chi connectivity index (χ0n) is 15.8. The second-order valence-electron chi connectivity index (χ2n) is 6.63. The molecule has 146 valence electrons. The molecule has 0 saturated carbocycles. The van der Waals surface area contributed by atoms with Gasteiger partial charge >= 0.3 is 5.97 Å². The van der Waals surface area contributed by atoms with E-state index in [2.05, 4.69) is 15.2 Å². The highest BCUT2D eigenvalue weighted by Crippen LogP contribution is 2.34. The fourth-order valence-corrected chi connectivity index (χ4v) is 3.80. The predicted molar refractivity (Wildman–Crippen MR) is 110 cm³/mol. The lowest BCUT2D eigenvalue weighted by Gasteiger charge is -2.10. The molecule has 0 saturated heterocycles. The molecule has 28 heavy (non-hydrogen) atoms. The molecule has 6 nitrogen and oxygen atoms in total. The van der Waals surface area contributed by atoms with E-state index in [-0.39, 0.29) is 12.5 Å². The van der Waals surface area contributed by atoms with Crippen LogP contribution < -0.4 is 4.74 Å². The normalized spacial score (nSPS) is 11.0. The summed E-state index contributed by atoms with van der Waals surface area (Å²) < 4.78 is 5.56. The van der Waals surface area contributed by atoms with Crippen LogP contribution in [0.1, 0.15) is 31.4 Å². The number of ether oxygens (including phenoxy) is 1. The maximum atomic E-state index is 10.7. The second-order valence-corrected chi connectivity index (χ2v) is 8.02. The molecule has 1 N–H and O–H groups in total. The fraction of sp³-hybridized carbons (Fsp3) is 0.300. The monoisotopic (exact) mass is 417 g/mol. The Hall–Kier alpha value is -2.51. The van der Waals surface area contributed by atoms with Crippen molar-refractivity contribution >= 4 is 28.9 Å². The molecular weight excluding hydrogens is 398 g/mol. The van der Waals surface area contributed by atoms with Crippen LogP contribution in [0.15, 0.2) is 30.5 Å². The molecule has 3 rings (SSSR count). The number of carboxylic acids is 1. The number of halogens is 1. The van der Waals surface area contributed by atoms with Crippen LogP contribution in [-0.4, -0.2) is 32.4 Å². The van der Waals surface area contributed by atoms with E-state index in [4.69, 9.17) is 21.4 Å². The predicted octanol–water partition coefficient (Wildman–Crippen LogP) is 5.03. The number of pyridine rings is 1. The van der Waals surface area contributed by atoms with Crippen molar-refractivity contribution in [3.05, 3.63) is 46.6 Å². The first-order chi connectivity index (χ1) is 13.3. The van der Waals surface area contributed by atoms with Crippen molar-refractivity contribution in [2.24, 2.45) is 0 Å². The third kappa shape index (κ3) is 4.85. The number of hydrogen-bond acceptors (Lipinski definition) is 6. The van der Waals surface area contributed by atoms with Crippen molar-refractivity contribution in [1.82, 2.24) is 15.2 Å². The number of rotatable bonds is 7. The number of benzene rings is 1. The highest BCUT2D eigenvalue weighted by Gasteiger charge is 2.14. The van der Waals surface area contributed by atoms with Gasteiger partial charge < -0.3 is 9.84 Å². The zero-order chi connectivity index (χ0) is 20.3. The highest BCUT2D eigenvalue weighted by molar-refractivity contribution is 7.17. The first-order valence-electron chi connectivity index (χ1n) is 8.81. The summed E-state index contributed by atoms with van der Waals surface area (Å²) in [5.41, 5.74) is 3.77. The maximum Gasteiger partial charge on any atom is 0.303 e. The molecule has 0 spiro atoms. The summed E-state index contributed by atoms with van der Waals surface area (Å²) >= 11 is 7.72. The number of aromatic nitrogens is 3. The smallest absolute Gasteiger partial charge is 0.303 e. The van der Waals surface area contributed by atoms with Gasteiger partial charge in [0, 0.05) is 23.7 Å². The van der Waals surface area contributed by atoms with Gasteiger partial charge in [-0.2, -0.15) is 0 Å². The van der Waals surface area contributed by atoms with Crippen LogP contribution in [-0.2, 0) is 11.2 Å². The van der Waals surface area contributed by atoms with Crippen LogP contribution in [0.3, 0.4) is 0 Å². The average molecular weight is 418 g/mol. The summed E-state index contributed by atoms with van der Waals surface area (Å²) in [7, 11) is 0. The number of hydrogen-bond donors (Lipinski definition) is 1. The largest absolute Gasteiger partial charge is 0.481 e. The highest BCUT2D eigenvalue weighted by atomic mass is 35.5. The van der Waals surface area contributed by atoms with Crippen LogP contribution >= 0.6 is 22.9 Å². The van der Waals surface area contributed by atoms with Crippen molar-refractivity contribution in [2.45, 2.75) is 39.7 Å². The summed E-state index contributed by atoms with van der Waals surface area (Å²) in [6.45, 7) is 5.81. The Kier molecular flexibility index (Phi) is 6.26. The van der Waals surface area contributed by atoms with Gasteiger partial charge in [0.2, 0.25) is 5.88 Å². The van der Waals surface area contributed by atoms with Gasteiger partial charge in [0.05, 0.1) is 6.10 Å². The Morgan fingerprint density at radius 1 is 1.25 bits per heavy atom. The van der Waals surface area contributed by atoms with E-state index >= 15 is 0 Å². The molecule has 0 unspecified atom stereocenters. The number of aliphatic carboxylic acids is 1. The van der Waals surface area contributed by atoms with Gasteiger partial charge in [-0.05, 0) is 44.4 Å².